The van der Waals surface area contributed by atoms with Crippen molar-refractivity contribution in [1.29, 1.82) is 0 Å². The van der Waals surface area contributed by atoms with Gasteiger partial charge in [-0.05, 0) is 32.9 Å². The molecule has 12 heteroatoms. The smallest absolute Gasteiger partial charge is 0.347 e. The summed E-state index contributed by atoms with van der Waals surface area (Å²) in [6.07, 6.45) is 2.18. The fourth-order valence-electron chi connectivity index (χ4n) is 1.75. The molecule has 0 aliphatic rings. The van der Waals surface area contributed by atoms with Crippen molar-refractivity contribution in [2.75, 3.05) is 25.2 Å². The number of carbonyl (C=O) groups excluding carboxylic acids is 3. The SMILES string of the molecule is CCOC(=O)C(=CNC(/C=N/Nc1ccc(Cl)nn1)C(=O)OCC)C(=O)OCC. The third-order valence-corrected chi connectivity index (χ3v) is 3.17. The van der Waals surface area contributed by atoms with Crippen LogP contribution in [0.2, 0.25) is 5.15 Å². The Kier molecular flexibility index (Phi) is 10.7. The van der Waals surface area contributed by atoms with Crippen LogP contribution in [0.25, 0.3) is 0 Å². The summed E-state index contributed by atoms with van der Waals surface area (Å²) in [5, 5.41) is 14.0. The average molecular weight is 428 g/mol. The van der Waals surface area contributed by atoms with Crippen molar-refractivity contribution >= 4 is 41.5 Å². The number of hydrogen-bond donors (Lipinski definition) is 2. The molecule has 0 saturated heterocycles. The first-order chi connectivity index (χ1) is 13.9. The highest BCUT2D eigenvalue weighted by molar-refractivity contribution is 6.29. The molecule has 0 amide bonds. The number of aromatic nitrogens is 2. The van der Waals surface area contributed by atoms with Gasteiger partial charge in [-0.2, -0.15) is 5.10 Å². The fraction of sp³-hybridized carbons (Fsp3) is 0.412. The number of rotatable bonds is 11. The molecule has 0 aliphatic heterocycles. The average Bonchev–Trinajstić information content (AvgIpc) is 2.68. The maximum absolute atomic E-state index is 12.1. The van der Waals surface area contributed by atoms with Crippen LogP contribution in [0, 0.1) is 0 Å². The Morgan fingerprint density at radius 3 is 2.21 bits per heavy atom. The molecule has 1 aromatic rings. The Hall–Kier alpha value is -3.21. The van der Waals surface area contributed by atoms with Crippen LogP contribution in [-0.4, -0.2) is 60.2 Å². The first-order valence-corrected chi connectivity index (χ1v) is 9.06. The van der Waals surface area contributed by atoms with Gasteiger partial charge < -0.3 is 19.5 Å². The minimum atomic E-state index is -1.12. The van der Waals surface area contributed by atoms with E-state index in [4.69, 9.17) is 25.8 Å². The van der Waals surface area contributed by atoms with Crippen molar-refractivity contribution in [2.24, 2.45) is 5.10 Å². The quantitative estimate of drug-likeness (QED) is 0.100. The van der Waals surface area contributed by atoms with Gasteiger partial charge in [-0.15, -0.1) is 10.2 Å². The van der Waals surface area contributed by atoms with Crippen LogP contribution in [0.4, 0.5) is 5.82 Å². The predicted octanol–water partition coefficient (Wildman–Crippen LogP) is 1.06. The van der Waals surface area contributed by atoms with Gasteiger partial charge in [0, 0.05) is 6.20 Å². The van der Waals surface area contributed by atoms with E-state index >= 15 is 0 Å². The van der Waals surface area contributed by atoms with Gasteiger partial charge in [0.1, 0.15) is 0 Å². The van der Waals surface area contributed by atoms with E-state index in [1.807, 2.05) is 0 Å². The summed E-state index contributed by atoms with van der Waals surface area (Å²) in [7, 11) is 0. The summed E-state index contributed by atoms with van der Waals surface area (Å²) >= 11 is 5.65. The summed E-state index contributed by atoms with van der Waals surface area (Å²) in [5.41, 5.74) is 2.15. The topological polar surface area (TPSA) is 141 Å². The van der Waals surface area contributed by atoms with E-state index in [9.17, 15) is 14.4 Å². The van der Waals surface area contributed by atoms with Crippen LogP contribution >= 0.6 is 11.6 Å². The summed E-state index contributed by atoms with van der Waals surface area (Å²) in [4.78, 5) is 36.1. The van der Waals surface area contributed by atoms with Crippen molar-refractivity contribution in [3.8, 4) is 0 Å². The molecular formula is C17H22ClN5O6. The standard InChI is InChI=1S/C17H22ClN5O6/c1-4-27-15(24)11(16(25)28-5-2)9-19-12(17(26)29-6-3)10-20-22-14-8-7-13(18)21-23-14/h7-10,12,19H,4-6H2,1-3H3,(H,22,23)/b20-10+. The Morgan fingerprint density at radius 1 is 1.07 bits per heavy atom. The molecule has 1 atom stereocenters. The van der Waals surface area contributed by atoms with Crippen LogP contribution in [0.15, 0.2) is 29.0 Å². The number of nitrogens with one attached hydrogen (secondary N) is 2. The molecule has 29 heavy (non-hydrogen) atoms. The van der Waals surface area contributed by atoms with Crippen molar-refractivity contribution in [3.05, 3.63) is 29.1 Å². The Balaban J connectivity index is 2.96. The molecule has 0 aliphatic carbocycles. The predicted molar refractivity (Wildman–Crippen MR) is 104 cm³/mol. The molecular weight excluding hydrogens is 406 g/mol. The molecule has 1 heterocycles. The van der Waals surface area contributed by atoms with Gasteiger partial charge in [0.25, 0.3) is 0 Å². The highest BCUT2D eigenvalue weighted by atomic mass is 35.5. The summed E-state index contributed by atoms with van der Waals surface area (Å²) in [6.45, 7) is 5.05. The number of ether oxygens (including phenoxy) is 3. The fourth-order valence-corrected chi connectivity index (χ4v) is 1.85. The number of anilines is 1. The maximum Gasteiger partial charge on any atom is 0.347 e. The Morgan fingerprint density at radius 2 is 1.69 bits per heavy atom. The lowest BCUT2D eigenvalue weighted by atomic mass is 10.2. The molecule has 0 bridgehead atoms. The van der Waals surface area contributed by atoms with Gasteiger partial charge in [-0.25, -0.2) is 14.4 Å². The second-order valence-corrected chi connectivity index (χ2v) is 5.41. The molecule has 0 aromatic carbocycles. The lowest BCUT2D eigenvalue weighted by Gasteiger charge is -2.13. The van der Waals surface area contributed by atoms with E-state index in [0.717, 1.165) is 6.20 Å². The van der Waals surface area contributed by atoms with Crippen molar-refractivity contribution in [2.45, 2.75) is 26.8 Å². The normalized spacial score (nSPS) is 11.3. The summed E-state index contributed by atoms with van der Waals surface area (Å²) < 4.78 is 14.6. The van der Waals surface area contributed by atoms with E-state index < -0.39 is 29.5 Å². The van der Waals surface area contributed by atoms with Gasteiger partial charge in [0.2, 0.25) is 0 Å². The number of halogens is 1. The molecule has 2 N–H and O–H groups in total. The van der Waals surface area contributed by atoms with Gasteiger partial charge in [0.05, 0.1) is 26.0 Å². The molecule has 0 spiro atoms. The molecule has 1 aromatic heterocycles. The number of esters is 3. The zero-order valence-electron chi connectivity index (χ0n) is 16.2. The third-order valence-electron chi connectivity index (χ3n) is 2.97. The van der Waals surface area contributed by atoms with Gasteiger partial charge in [-0.3, -0.25) is 5.43 Å². The second-order valence-electron chi connectivity index (χ2n) is 5.03. The lowest BCUT2D eigenvalue weighted by Crippen LogP contribution is -2.37. The third kappa shape index (κ3) is 8.56. The van der Waals surface area contributed by atoms with Crippen LogP contribution < -0.4 is 10.7 Å². The monoisotopic (exact) mass is 427 g/mol. The lowest BCUT2D eigenvalue weighted by molar-refractivity contribution is -0.147. The van der Waals surface area contributed by atoms with Crippen LogP contribution in [-0.2, 0) is 28.6 Å². The first-order valence-electron chi connectivity index (χ1n) is 8.68. The van der Waals surface area contributed by atoms with Crippen LogP contribution in [0.5, 0.6) is 0 Å². The van der Waals surface area contributed by atoms with Crippen molar-refractivity contribution in [3.63, 3.8) is 0 Å². The zero-order valence-corrected chi connectivity index (χ0v) is 16.9. The highest BCUT2D eigenvalue weighted by Gasteiger charge is 2.23. The van der Waals surface area contributed by atoms with Gasteiger partial charge in [-0.1, -0.05) is 11.6 Å². The van der Waals surface area contributed by atoms with E-state index in [1.165, 1.54) is 18.3 Å². The maximum atomic E-state index is 12.1. The van der Waals surface area contributed by atoms with Crippen LogP contribution in [0.3, 0.4) is 0 Å². The first kappa shape index (κ1) is 23.8. The Labute approximate surface area is 172 Å². The minimum absolute atomic E-state index is 0.0599. The molecule has 0 saturated carbocycles. The van der Waals surface area contributed by atoms with Gasteiger partial charge in [0.15, 0.2) is 22.6 Å². The van der Waals surface area contributed by atoms with Crippen molar-refractivity contribution in [1.82, 2.24) is 15.5 Å². The number of carbonyl (C=O) groups is 3. The Bertz CT molecular complexity index is 733. The number of nitrogens with zero attached hydrogens (tertiary/aromatic N) is 3. The van der Waals surface area contributed by atoms with E-state index in [2.05, 4.69) is 26.0 Å². The van der Waals surface area contributed by atoms with Crippen molar-refractivity contribution < 1.29 is 28.6 Å². The molecule has 1 rings (SSSR count). The van der Waals surface area contributed by atoms with Gasteiger partial charge >= 0.3 is 17.9 Å². The van der Waals surface area contributed by atoms with E-state index in [0.29, 0.717) is 0 Å². The minimum Gasteiger partial charge on any atom is -0.464 e. The molecule has 11 nitrogen and oxygen atoms in total. The molecule has 158 valence electrons. The number of hydrazone groups is 1. The number of hydrogen-bond acceptors (Lipinski definition) is 11. The highest BCUT2D eigenvalue weighted by Crippen LogP contribution is 2.06. The summed E-state index contributed by atoms with van der Waals surface area (Å²) in [5.74, 6) is -2.20. The van der Waals surface area contributed by atoms with Crippen LogP contribution in [0.1, 0.15) is 20.8 Å². The molecule has 0 radical (unpaired) electrons. The van der Waals surface area contributed by atoms with E-state index in [1.54, 1.807) is 20.8 Å². The second kappa shape index (κ2) is 13.0. The zero-order chi connectivity index (χ0) is 21.6. The largest absolute Gasteiger partial charge is 0.464 e. The van der Waals surface area contributed by atoms with E-state index in [-0.39, 0.29) is 30.8 Å². The molecule has 1 unspecified atom stereocenters. The molecule has 0 fully saturated rings. The summed E-state index contributed by atoms with van der Waals surface area (Å²) in [6, 6.07) is 1.90.